The molecule has 1 aliphatic rings. The number of ether oxygens (including phenoxy) is 2. The maximum Gasteiger partial charge on any atom is 0.273 e. The molecular formula is C32H33Cl2N3O4. The molecule has 1 amide bonds. The highest BCUT2D eigenvalue weighted by molar-refractivity contribution is 6.32. The van der Waals surface area contributed by atoms with E-state index in [4.69, 9.17) is 32.7 Å². The van der Waals surface area contributed by atoms with Crippen LogP contribution in [0.5, 0.6) is 17.2 Å². The quantitative estimate of drug-likeness (QED) is 0.171. The molecule has 214 valence electrons. The van der Waals surface area contributed by atoms with Crippen molar-refractivity contribution in [3.05, 3.63) is 92.6 Å². The third kappa shape index (κ3) is 5.74. The minimum atomic E-state index is -0.547. The van der Waals surface area contributed by atoms with Crippen molar-refractivity contribution in [3.8, 4) is 28.5 Å². The summed E-state index contributed by atoms with van der Waals surface area (Å²) in [5.41, 5.74) is 4.25. The number of aryl methyl sites for hydroxylation is 1. The molecule has 1 unspecified atom stereocenters. The summed E-state index contributed by atoms with van der Waals surface area (Å²) in [7, 11) is 1.60. The Hall–Kier alpha value is -3.68. The lowest BCUT2D eigenvalue weighted by Gasteiger charge is -2.27. The van der Waals surface area contributed by atoms with Crippen LogP contribution in [0.4, 0.5) is 0 Å². The number of benzene rings is 3. The van der Waals surface area contributed by atoms with Crippen LogP contribution in [0.2, 0.25) is 10.0 Å². The second-order valence-electron chi connectivity index (χ2n) is 10.2. The molecule has 7 nitrogen and oxygen atoms in total. The molecule has 0 bridgehead atoms. The van der Waals surface area contributed by atoms with E-state index in [1.807, 2.05) is 43.3 Å². The van der Waals surface area contributed by atoms with E-state index >= 15 is 0 Å². The first-order valence-electron chi connectivity index (χ1n) is 13.8. The van der Waals surface area contributed by atoms with Gasteiger partial charge in [-0.2, -0.15) is 5.10 Å². The average molecular weight is 595 g/mol. The summed E-state index contributed by atoms with van der Waals surface area (Å²) < 4.78 is 11.8. The second kappa shape index (κ2) is 12.5. The molecule has 0 saturated carbocycles. The molecule has 41 heavy (non-hydrogen) atoms. The number of fused-ring (bicyclic) bond motifs is 1. The number of phenols is 1. The molecule has 2 N–H and O–H groups in total. The molecule has 0 saturated heterocycles. The third-order valence-corrected chi connectivity index (χ3v) is 8.23. The van der Waals surface area contributed by atoms with Gasteiger partial charge >= 0.3 is 0 Å². The number of carbonyl (C=O) groups is 1. The third-order valence-electron chi connectivity index (χ3n) is 7.45. The van der Waals surface area contributed by atoms with Gasteiger partial charge in [-0.15, -0.1) is 0 Å². The van der Waals surface area contributed by atoms with Crippen LogP contribution in [0.25, 0.3) is 11.3 Å². The number of phenolic OH excluding ortho intramolecular Hbond substituents is 1. The van der Waals surface area contributed by atoms with Crippen molar-refractivity contribution in [1.82, 2.24) is 15.1 Å². The summed E-state index contributed by atoms with van der Waals surface area (Å²) >= 11 is 13.0. The Morgan fingerprint density at radius 3 is 2.59 bits per heavy atom. The van der Waals surface area contributed by atoms with E-state index < -0.39 is 6.04 Å². The van der Waals surface area contributed by atoms with Crippen LogP contribution in [-0.4, -0.2) is 39.8 Å². The first-order chi connectivity index (χ1) is 19.8. The highest BCUT2D eigenvalue weighted by Crippen LogP contribution is 2.47. The van der Waals surface area contributed by atoms with Gasteiger partial charge in [0.25, 0.3) is 5.91 Å². The van der Waals surface area contributed by atoms with E-state index in [1.54, 1.807) is 30.2 Å². The molecular weight excluding hydrogens is 561 g/mol. The number of halogens is 2. The lowest BCUT2D eigenvalue weighted by Crippen LogP contribution is -2.29. The predicted molar refractivity (Wildman–Crippen MR) is 161 cm³/mol. The Morgan fingerprint density at radius 1 is 1.02 bits per heavy atom. The lowest BCUT2D eigenvalue weighted by atomic mass is 9.94. The Balaban J connectivity index is 1.59. The lowest BCUT2D eigenvalue weighted by molar-refractivity contribution is 0.0730. The number of methoxy groups -OCH3 is 1. The fourth-order valence-corrected chi connectivity index (χ4v) is 5.62. The number of amides is 1. The van der Waals surface area contributed by atoms with Gasteiger partial charge in [0.2, 0.25) is 0 Å². The molecule has 1 aromatic heterocycles. The summed E-state index contributed by atoms with van der Waals surface area (Å²) in [4.78, 5) is 15.6. The minimum absolute atomic E-state index is 0.0290. The van der Waals surface area contributed by atoms with E-state index in [1.165, 1.54) is 6.42 Å². The normalized spacial score (nSPS) is 14.4. The zero-order valence-electron chi connectivity index (χ0n) is 23.3. The Labute approximate surface area is 250 Å². The second-order valence-corrected chi connectivity index (χ2v) is 11.0. The number of aromatic hydroxyl groups is 1. The fourth-order valence-electron chi connectivity index (χ4n) is 5.26. The van der Waals surface area contributed by atoms with E-state index in [0.717, 1.165) is 36.0 Å². The molecule has 5 rings (SSSR count). The molecule has 1 aliphatic heterocycles. The van der Waals surface area contributed by atoms with Gasteiger partial charge in [-0.05, 0) is 60.4 Å². The summed E-state index contributed by atoms with van der Waals surface area (Å²) in [6, 6.07) is 15.9. The van der Waals surface area contributed by atoms with E-state index in [2.05, 4.69) is 17.1 Å². The molecule has 0 aliphatic carbocycles. The SMILES string of the molecule is CCCCCCOc1ccc(C2c3c(-c4cc(Cl)c(C)cc4O)n[nH]c3C(=O)N2Cc2ccccc2Cl)cc1OC. The van der Waals surface area contributed by atoms with Crippen molar-refractivity contribution < 1.29 is 19.4 Å². The average Bonchev–Trinajstić information content (AvgIpc) is 3.50. The van der Waals surface area contributed by atoms with Gasteiger partial charge in [-0.25, -0.2) is 0 Å². The van der Waals surface area contributed by atoms with Crippen molar-refractivity contribution in [1.29, 1.82) is 0 Å². The molecule has 0 fully saturated rings. The largest absolute Gasteiger partial charge is 0.507 e. The Bertz CT molecular complexity index is 1570. The van der Waals surface area contributed by atoms with Crippen LogP contribution in [0.1, 0.15) is 71.4 Å². The van der Waals surface area contributed by atoms with Crippen LogP contribution in [0, 0.1) is 6.92 Å². The summed E-state index contributed by atoms with van der Waals surface area (Å²) in [6.45, 7) is 4.86. The zero-order chi connectivity index (χ0) is 29.1. The molecule has 9 heteroatoms. The first-order valence-corrected chi connectivity index (χ1v) is 14.5. The molecule has 1 atom stereocenters. The Kier molecular flexibility index (Phi) is 8.76. The number of hydrogen-bond donors (Lipinski definition) is 2. The van der Waals surface area contributed by atoms with Gasteiger partial charge in [-0.1, -0.05) is 73.7 Å². The molecule has 4 aromatic rings. The van der Waals surface area contributed by atoms with Crippen LogP contribution in [0.3, 0.4) is 0 Å². The van der Waals surface area contributed by atoms with E-state index in [9.17, 15) is 9.90 Å². The first kappa shape index (κ1) is 28.8. The van der Waals surface area contributed by atoms with E-state index in [-0.39, 0.29) is 18.2 Å². The summed E-state index contributed by atoms with van der Waals surface area (Å²) in [5.74, 6) is 1.02. The highest BCUT2D eigenvalue weighted by atomic mass is 35.5. The molecule has 3 aromatic carbocycles. The number of nitrogens with zero attached hydrogens (tertiary/aromatic N) is 2. The maximum absolute atomic E-state index is 13.9. The Morgan fingerprint density at radius 2 is 1.83 bits per heavy atom. The van der Waals surface area contributed by atoms with Gasteiger partial charge in [0.1, 0.15) is 17.1 Å². The highest BCUT2D eigenvalue weighted by Gasteiger charge is 2.43. The van der Waals surface area contributed by atoms with Crippen LogP contribution < -0.4 is 9.47 Å². The van der Waals surface area contributed by atoms with Crippen molar-refractivity contribution in [3.63, 3.8) is 0 Å². The smallest absolute Gasteiger partial charge is 0.273 e. The number of aromatic amines is 1. The standard InChI is InChI=1S/C32H33Cl2N3O4/c1-4-5-6-9-14-41-26-13-12-20(16-27(26)40-3)31-28-29(22-17-24(34)19(2)15-25(22)38)35-36-30(28)32(39)37(31)18-21-10-7-8-11-23(21)33/h7-8,10-13,15-17,31,38H,4-6,9,14,18H2,1-3H3,(H,35,36). The van der Waals surface area contributed by atoms with Gasteiger partial charge in [-0.3, -0.25) is 9.89 Å². The van der Waals surface area contributed by atoms with Crippen molar-refractivity contribution >= 4 is 29.1 Å². The van der Waals surface area contributed by atoms with Crippen molar-refractivity contribution in [2.45, 2.75) is 52.1 Å². The number of rotatable bonds is 11. The van der Waals surface area contributed by atoms with Gasteiger partial charge in [0.15, 0.2) is 11.5 Å². The summed E-state index contributed by atoms with van der Waals surface area (Å²) in [5, 5.41) is 19.3. The van der Waals surface area contributed by atoms with Crippen molar-refractivity contribution in [2.24, 2.45) is 0 Å². The van der Waals surface area contributed by atoms with Crippen LogP contribution in [0.15, 0.2) is 54.6 Å². The number of unbranched alkanes of at least 4 members (excludes halogenated alkanes) is 3. The molecule has 0 radical (unpaired) electrons. The van der Waals surface area contributed by atoms with Crippen molar-refractivity contribution in [2.75, 3.05) is 13.7 Å². The van der Waals surface area contributed by atoms with Gasteiger partial charge in [0, 0.05) is 27.7 Å². The van der Waals surface area contributed by atoms with Crippen LogP contribution in [-0.2, 0) is 6.54 Å². The van der Waals surface area contributed by atoms with Crippen LogP contribution >= 0.6 is 23.2 Å². The monoisotopic (exact) mass is 593 g/mol. The number of nitrogens with one attached hydrogen (secondary N) is 1. The summed E-state index contributed by atoms with van der Waals surface area (Å²) in [6.07, 6.45) is 4.41. The number of carbonyl (C=O) groups excluding carboxylic acids is 1. The predicted octanol–water partition coefficient (Wildman–Crippen LogP) is 8.11. The zero-order valence-corrected chi connectivity index (χ0v) is 24.9. The number of hydrogen-bond acceptors (Lipinski definition) is 5. The number of H-pyrrole nitrogens is 1. The topological polar surface area (TPSA) is 87.7 Å². The fraction of sp³-hybridized carbons (Fsp3) is 0.312. The van der Waals surface area contributed by atoms with Gasteiger partial charge < -0.3 is 19.5 Å². The van der Waals surface area contributed by atoms with E-state index in [0.29, 0.717) is 50.7 Å². The molecule has 2 heterocycles. The maximum atomic E-state index is 13.9. The number of aromatic nitrogens is 2. The molecule has 0 spiro atoms. The minimum Gasteiger partial charge on any atom is -0.507 e. The van der Waals surface area contributed by atoms with Gasteiger partial charge in [0.05, 0.1) is 19.8 Å².